The number of benzene rings is 1. The van der Waals surface area contributed by atoms with Crippen molar-refractivity contribution in [1.82, 2.24) is 10.0 Å². The first-order valence-electron chi connectivity index (χ1n) is 7.56. The highest BCUT2D eigenvalue weighted by Gasteiger charge is 2.23. The fourth-order valence-electron chi connectivity index (χ4n) is 2.28. The molecule has 1 aromatic rings. The highest BCUT2D eigenvalue weighted by Crippen LogP contribution is 2.18. The molecule has 0 aromatic heterocycles. The Bertz CT molecular complexity index is 631. The first kappa shape index (κ1) is 19.9. The number of rotatable bonds is 6. The predicted octanol–water partition coefficient (Wildman–Crippen LogP) is 1.73. The van der Waals surface area contributed by atoms with Crippen LogP contribution in [0.15, 0.2) is 29.2 Å². The number of sulfonamides is 1. The molecule has 1 heterocycles. The van der Waals surface area contributed by atoms with Gasteiger partial charge in [-0.2, -0.15) is 0 Å². The minimum atomic E-state index is -3.56. The molecule has 0 saturated carbocycles. The van der Waals surface area contributed by atoms with E-state index in [4.69, 9.17) is 0 Å². The van der Waals surface area contributed by atoms with E-state index < -0.39 is 10.0 Å². The lowest BCUT2D eigenvalue weighted by molar-refractivity contribution is -0.119. The molecule has 23 heavy (non-hydrogen) atoms. The molecule has 0 spiro atoms. The zero-order valence-electron chi connectivity index (χ0n) is 13.3. The summed E-state index contributed by atoms with van der Waals surface area (Å²) < 4.78 is 27.1. The van der Waals surface area contributed by atoms with Crippen LogP contribution in [-0.4, -0.2) is 33.5 Å². The van der Waals surface area contributed by atoms with Crippen LogP contribution < -0.4 is 15.4 Å². The first-order chi connectivity index (χ1) is 10.4. The highest BCUT2D eigenvalue weighted by molar-refractivity contribution is 7.89. The van der Waals surface area contributed by atoms with Crippen molar-refractivity contribution in [2.75, 3.05) is 18.4 Å². The molecule has 0 radical (unpaired) electrons. The van der Waals surface area contributed by atoms with Gasteiger partial charge in [-0.05, 0) is 44.5 Å². The Kier molecular flexibility index (Phi) is 7.47. The average molecular weight is 362 g/mol. The molecule has 2 unspecified atom stereocenters. The van der Waals surface area contributed by atoms with E-state index in [0.717, 1.165) is 13.0 Å². The molecular weight excluding hydrogens is 338 g/mol. The summed E-state index contributed by atoms with van der Waals surface area (Å²) in [6, 6.07) is 6.21. The Balaban J connectivity index is 0.00000264. The largest absolute Gasteiger partial charge is 0.326 e. The summed E-state index contributed by atoms with van der Waals surface area (Å²) in [5.74, 6) is -0.132. The number of hydrogen-bond donors (Lipinski definition) is 3. The summed E-state index contributed by atoms with van der Waals surface area (Å²) >= 11 is 0. The van der Waals surface area contributed by atoms with Crippen molar-refractivity contribution < 1.29 is 13.2 Å². The lowest BCUT2D eigenvalue weighted by Crippen LogP contribution is -2.32. The molecule has 8 heteroatoms. The van der Waals surface area contributed by atoms with Crippen LogP contribution in [0.3, 0.4) is 0 Å². The molecule has 2 atom stereocenters. The quantitative estimate of drug-likeness (QED) is 0.720. The third kappa shape index (κ3) is 5.46. The van der Waals surface area contributed by atoms with E-state index in [-0.39, 0.29) is 35.2 Å². The van der Waals surface area contributed by atoms with Gasteiger partial charge in [-0.3, -0.25) is 4.79 Å². The molecule has 1 aliphatic heterocycles. The first-order valence-corrected chi connectivity index (χ1v) is 9.04. The van der Waals surface area contributed by atoms with E-state index >= 15 is 0 Å². The number of amides is 1. The van der Waals surface area contributed by atoms with Crippen LogP contribution in [0.5, 0.6) is 0 Å². The maximum Gasteiger partial charge on any atom is 0.240 e. The maximum atomic E-state index is 12.3. The van der Waals surface area contributed by atoms with Crippen LogP contribution in [0, 0.1) is 5.92 Å². The van der Waals surface area contributed by atoms with Crippen molar-refractivity contribution in [3.05, 3.63) is 24.3 Å². The number of anilines is 1. The van der Waals surface area contributed by atoms with Gasteiger partial charge >= 0.3 is 0 Å². The van der Waals surface area contributed by atoms with Gasteiger partial charge in [0.1, 0.15) is 0 Å². The van der Waals surface area contributed by atoms with Gasteiger partial charge in [0.15, 0.2) is 0 Å². The number of carbonyl (C=O) groups is 1. The number of nitrogens with one attached hydrogen (secondary N) is 3. The fraction of sp³-hybridized carbons (Fsp3) is 0.533. The van der Waals surface area contributed by atoms with Gasteiger partial charge in [-0.25, -0.2) is 13.1 Å². The van der Waals surface area contributed by atoms with Crippen LogP contribution in [0.2, 0.25) is 0 Å². The SMILES string of the molecule is CCC(C)NS(=O)(=O)c1cccc(NC(=O)C2CCNC2)c1.Cl. The summed E-state index contributed by atoms with van der Waals surface area (Å²) in [6.45, 7) is 5.24. The summed E-state index contributed by atoms with van der Waals surface area (Å²) in [6.07, 6.45) is 1.52. The van der Waals surface area contributed by atoms with Gasteiger partial charge in [0, 0.05) is 18.3 Å². The lowest BCUT2D eigenvalue weighted by atomic mass is 10.1. The Morgan fingerprint density at radius 1 is 1.43 bits per heavy atom. The summed E-state index contributed by atoms with van der Waals surface area (Å²) in [5, 5.41) is 5.93. The molecule has 6 nitrogen and oxygen atoms in total. The summed E-state index contributed by atoms with van der Waals surface area (Å²) in [7, 11) is -3.56. The standard InChI is InChI=1S/C15H23N3O3S.ClH/c1-3-11(2)18-22(20,21)14-6-4-5-13(9-14)17-15(19)12-7-8-16-10-12;/h4-6,9,11-12,16,18H,3,7-8,10H2,1-2H3,(H,17,19);1H. The van der Waals surface area contributed by atoms with E-state index in [1.165, 1.54) is 12.1 Å². The van der Waals surface area contributed by atoms with Crippen molar-refractivity contribution in [1.29, 1.82) is 0 Å². The van der Waals surface area contributed by atoms with Crippen LogP contribution >= 0.6 is 12.4 Å². The molecule has 2 rings (SSSR count). The molecule has 1 amide bonds. The van der Waals surface area contributed by atoms with Gasteiger partial charge in [-0.15, -0.1) is 12.4 Å². The monoisotopic (exact) mass is 361 g/mol. The highest BCUT2D eigenvalue weighted by atomic mass is 35.5. The molecule has 1 saturated heterocycles. The fourth-order valence-corrected chi connectivity index (χ4v) is 3.65. The Morgan fingerprint density at radius 3 is 2.78 bits per heavy atom. The number of halogens is 1. The van der Waals surface area contributed by atoms with Crippen molar-refractivity contribution >= 4 is 34.0 Å². The molecule has 1 aliphatic rings. The smallest absolute Gasteiger partial charge is 0.240 e. The summed E-state index contributed by atoms with van der Waals surface area (Å²) in [4.78, 5) is 12.2. The average Bonchev–Trinajstić information content (AvgIpc) is 3.01. The minimum absolute atomic E-state index is 0. The molecule has 0 bridgehead atoms. The van der Waals surface area contributed by atoms with Crippen LogP contribution in [-0.2, 0) is 14.8 Å². The predicted molar refractivity (Wildman–Crippen MR) is 93.4 cm³/mol. The van der Waals surface area contributed by atoms with Crippen molar-refractivity contribution in [2.24, 2.45) is 5.92 Å². The van der Waals surface area contributed by atoms with Gasteiger partial charge in [0.2, 0.25) is 15.9 Å². The molecule has 1 aromatic carbocycles. The Morgan fingerprint density at radius 2 is 2.17 bits per heavy atom. The van der Waals surface area contributed by atoms with Crippen LogP contribution in [0.1, 0.15) is 26.7 Å². The minimum Gasteiger partial charge on any atom is -0.326 e. The molecule has 0 aliphatic carbocycles. The van der Waals surface area contributed by atoms with Gasteiger partial charge in [-0.1, -0.05) is 13.0 Å². The topological polar surface area (TPSA) is 87.3 Å². The van der Waals surface area contributed by atoms with E-state index in [1.54, 1.807) is 12.1 Å². The van der Waals surface area contributed by atoms with Gasteiger partial charge < -0.3 is 10.6 Å². The second-order valence-electron chi connectivity index (χ2n) is 5.64. The zero-order valence-corrected chi connectivity index (χ0v) is 15.0. The second-order valence-corrected chi connectivity index (χ2v) is 7.35. The normalized spacial score (nSPS) is 19.0. The number of hydrogen-bond acceptors (Lipinski definition) is 4. The third-order valence-electron chi connectivity index (χ3n) is 3.81. The van der Waals surface area contributed by atoms with Crippen molar-refractivity contribution in [3.63, 3.8) is 0 Å². The third-order valence-corrected chi connectivity index (χ3v) is 5.40. The van der Waals surface area contributed by atoms with E-state index in [9.17, 15) is 13.2 Å². The Labute approximate surface area is 143 Å². The zero-order chi connectivity index (χ0) is 16.2. The second kappa shape index (κ2) is 8.63. The lowest BCUT2D eigenvalue weighted by Gasteiger charge is -2.14. The number of carbonyl (C=O) groups excluding carboxylic acids is 1. The maximum absolute atomic E-state index is 12.3. The van der Waals surface area contributed by atoms with Crippen LogP contribution in [0.4, 0.5) is 5.69 Å². The molecule has 1 fully saturated rings. The van der Waals surface area contributed by atoms with Gasteiger partial charge in [0.05, 0.1) is 10.8 Å². The van der Waals surface area contributed by atoms with Gasteiger partial charge in [0.25, 0.3) is 0 Å². The van der Waals surface area contributed by atoms with Crippen molar-refractivity contribution in [3.8, 4) is 0 Å². The Hall–Kier alpha value is -1.15. The molecule has 3 N–H and O–H groups in total. The van der Waals surface area contributed by atoms with E-state index in [2.05, 4.69) is 15.4 Å². The van der Waals surface area contributed by atoms with E-state index in [1.807, 2.05) is 13.8 Å². The molecular formula is C15H24ClN3O3S. The summed E-state index contributed by atoms with van der Waals surface area (Å²) in [5.41, 5.74) is 0.504. The molecule has 130 valence electrons. The van der Waals surface area contributed by atoms with Crippen LogP contribution in [0.25, 0.3) is 0 Å². The van der Waals surface area contributed by atoms with E-state index in [0.29, 0.717) is 18.7 Å². The van der Waals surface area contributed by atoms with Crippen molar-refractivity contribution in [2.45, 2.75) is 37.6 Å².